The van der Waals surface area contributed by atoms with Gasteiger partial charge >= 0.3 is 0 Å². The molecule has 6 heteroatoms. The van der Waals surface area contributed by atoms with Crippen molar-refractivity contribution in [2.45, 2.75) is 45.1 Å². The van der Waals surface area contributed by atoms with Gasteiger partial charge in [0.2, 0.25) is 11.8 Å². The summed E-state index contributed by atoms with van der Waals surface area (Å²) in [4.78, 5) is 25.0. The Morgan fingerprint density at radius 1 is 1.28 bits per heavy atom. The molecule has 0 bridgehead atoms. The smallest absolute Gasteiger partial charge is 0.236 e. The fourth-order valence-electron chi connectivity index (χ4n) is 1.91. The first kappa shape index (κ1) is 17.2. The van der Waals surface area contributed by atoms with Gasteiger partial charge in [0.05, 0.1) is 6.04 Å². The highest BCUT2D eigenvalue weighted by Gasteiger charge is 2.16. The minimum absolute atomic E-state index is 0. The van der Waals surface area contributed by atoms with Crippen LogP contribution in [0.4, 0.5) is 0 Å². The van der Waals surface area contributed by atoms with Gasteiger partial charge in [-0.05, 0) is 25.7 Å². The third-order valence-electron chi connectivity index (χ3n) is 3.12. The lowest BCUT2D eigenvalue weighted by Crippen LogP contribution is -2.42. The van der Waals surface area contributed by atoms with E-state index >= 15 is 0 Å². The van der Waals surface area contributed by atoms with Gasteiger partial charge in [0.25, 0.3) is 0 Å². The molecule has 0 spiro atoms. The van der Waals surface area contributed by atoms with Crippen LogP contribution in [0.15, 0.2) is 0 Å². The molecule has 1 heterocycles. The van der Waals surface area contributed by atoms with Crippen LogP contribution < -0.4 is 11.1 Å². The van der Waals surface area contributed by atoms with Gasteiger partial charge in [0, 0.05) is 26.1 Å². The van der Waals surface area contributed by atoms with Crippen molar-refractivity contribution in [3.8, 4) is 0 Å². The lowest BCUT2D eigenvalue weighted by molar-refractivity contribution is -0.132. The minimum atomic E-state index is -0.458. The minimum Gasteiger partial charge on any atom is -0.354 e. The maximum Gasteiger partial charge on any atom is 0.236 e. The van der Waals surface area contributed by atoms with Crippen LogP contribution in [0.3, 0.4) is 0 Å². The van der Waals surface area contributed by atoms with Gasteiger partial charge in [-0.3, -0.25) is 9.59 Å². The van der Waals surface area contributed by atoms with E-state index in [1.54, 1.807) is 0 Å². The van der Waals surface area contributed by atoms with Crippen LogP contribution in [0.1, 0.15) is 39.0 Å². The summed E-state index contributed by atoms with van der Waals surface area (Å²) in [5, 5.41) is 2.69. The molecule has 1 rings (SSSR count). The van der Waals surface area contributed by atoms with Gasteiger partial charge in [-0.2, -0.15) is 0 Å². The molecule has 0 radical (unpaired) electrons. The van der Waals surface area contributed by atoms with Crippen molar-refractivity contribution >= 4 is 24.2 Å². The predicted molar refractivity (Wildman–Crippen MR) is 73.6 cm³/mol. The molecule has 0 aromatic carbocycles. The molecule has 2 amide bonds. The van der Waals surface area contributed by atoms with Crippen molar-refractivity contribution in [2.24, 2.45) is 5.73 Å². The quantitative estimate of drug-likeness (QED) is 0.775. The fourth-order valence-corrected chi connectivity index (χ4v) is 1.91. The summed E-state index contributed by atoms with van der Waals surface area (Å²) in [6, 6.07) is -0.458. The first-order valence-electron chi connectivity index (χ1n) is 6.46. The van der Waals surface area contributed by atoms with Crippen molar-refractivity contribution in [2.75, 3.05) is 19.6 Å². The molecule has 0 saturated carbocycles. The number of halogens is 1. The van der Waals surface area contributed by atoms with E-state index < -0.39 is 6.04 Å². The van der Waals surface area contributed by atoms with Crippen LogP contribution in [0.5, 0.6) is 0 Å². The number of amides is 2. The molecule has 1 saturated heterocycles. The van der Waals surface area contributed by atoms with Crippen LogP contribution in [0, 0.1) is 0 Å². The summed E-state index contributed by atoms with van der Waals surface area (Å²) in [5.74, 6) is -0.0333. The number of nitrogens with zero attached hydrogens (tertiary/aromatic N) is 1. The predicted octanol–water partition coefficient (Wildman–Crippen LogP) is 0.664. The fraction of sp³-hybridized carbons (Fsp3) is 0.833. The number of carbonyl (C=O) groups excluding carboxylic acids is 2. The standard InChI is InChI=1S/C12H23N3O2.ClH/c1-2-10(13)12(17)14-7-6-11(16)15-8-4-3-5-9-15;/h10H,2-9,13H2,1H3,(H,14,17);1H/t10-;/m0./s1. The van der Waals surface area contributed by atoms with E-state index in [-0.39, 0.29) is 24.2 Å². The Morgan fingerprint density at radius 3 is 2.44 bits per heavy atom. The molecule has 106 valence electrons. The van der Waals surface area contributed by atoms with Gasteiger partial charge in [-0.15, -0.1) is 12.4 Å². The number of nitrogens with two attached hydrogens (primary N) is 1. The normalized spacial score (nSPS) is 16.7. The van der Waals surface area contributed by atoms with Gasteiger partial charge in [-0.25, -0.2) is 0 Å². The van der Waals surface area contributed by atoms with Gasteiger partial charge in [0.1, 0.15) is 0 Å². The maximum absolute atomic E-state index is 11.8. The molecule has 1 aliphatic rings. The zero-order valence-corrected chi connectivity index (χ0v) is 11.8. The maximum atomic E-state index is 11.8. The van der Waals surface area contributed by atoms with Gasteiger partial charge < -0.3 is 16.0 Å². The van der Waals surface area contributed by atoms with E-state index in [1.807, 2.05) is 11.8 Å². The summed E-state index contributed by atoms with van der Waals surface area (Å²) < 4.78 is 0. The van der Waals surface area contributed by atoms with Gasteiger partial charge in [0.15, 0.2) is 0 Å². The van der Waals surface area contributed by atoms with Crippen molar-refractivity contribution in [1.29, 1.82) is 0 Å². The number of piperidine rings is 1. The Morgan fingerprint density at radius 2 is 1.89 bits per heavy atom. The molecule has 1 atom stereocenters. The van der Waals surface area contributed by atoms with Crippen LogP contribution in [0.25, 0.3) is 0 Å². The lowest BCUT2D eigenvalue weighted by atomic mass is 10.1. The van der Waals surface area contributed by atoms with Crippen LogP contribution in [-0.4, -0.2) is 42.4 Å². The highest BCUT2D eigenvalue weighted by Crippen LogP contribution is 2.09. The summed E-state index contributed by atoms with van der Waals surface area (Å²) in [7, 11) is 0. The summed E-state index contributed by atoms with van der Waals surface area (Å²) in [5.41, 5.74) is 5.57. The molecule has 1 fully saturated rings. The van der Waals surface area contributed by atoms with E-state index in [4.69, 9.17) is 5.73 Å². The van der Waals surface area contributed by atoms with Crippen LogP contribution in [0.2, 0.25) is 0 Å². The number of carbonyl (C=O) groups is 2. The van der Waals surface area contributed by atoms with Crippen molar-refractivity contribution < 1.29 is 9.59 Å². The summed E-state index contributed by atoms with van der Waals surface area (Å²) in [6.07, 6.45) is 4.40. The summed E-state index contributed by atoms with van der Waals surface area (Å²) >= 11 is 0. The van der Waals surface area contributed by atoms with Crippen molar-refractivity contribution in [1.82, 2.24) is 10.2 Å². The second kappa shape index (κ2) is 9.16. The molecule has 18 heavy (non-hydrogen) atoms. The Labute approximate surface area is 115 Å². The third-order valence-corrected chi connectivity index (χ3v) is 3.12. The SMILES string of the molecule is CC[C@H](N)C(=O)NCCC(=O)N1CCCCC1.Cl. The second-order valence-corrected chi connectivity index (χ2v) is 4.50. The molecular weight excluding hydrogens is 254 g/mol. The Balaban J connectivity index is 0.00000289. The van der Waals surface area contributed by atoms with Crippen molar-refractivity contribution in [3.63, 3.8) is 0 Å². The van der Waals surface area contributed by atoms with E-state index in [1.165, 1.54) is 6.42 Å². The molecule has 1 aliphatic heterocycles. The van der Waals surface area contributed by atoms with E-state index in [9.17, 15) is 9.59 Å². The molecule has 0 unspecified atom stereocenters. The largest absolute Gasteiger partial charge is 0.354 e. The lowest BCUT2D eigenvalue weighted by Gasteiger charge is -2.26. The highest BCUT2D eigenvalue weighted by atomic mass is 35.5. The average molecular weight is 278 g/mol. The first-order valence-corrected chi connectivity index (χ1v) is 6.46. The molecular formula is C12H24ClN3O2. The zero-order chi connectivity index (χ0) is 12.7. The van der Waals surface area contributed by atoms with Crippen LogP contribution >= 0.6 is 12.4 Å². The van der Waals surface area contributed by atoms with E-state index in [2.05, 4.69) is 5.32 Å². The average Bonchev–Trinajstić information content (AvgIpc) is 2.38. The molecule has 5 nitrogen and oxygen atoms in total. The highest BCUT2D eigenvalue weighted by molar-refractivity contribution is 5.85. The second-order valence-electron chi connectivity index (χ2n) is 4.50. The number of nitrogens with one attached hydrogen (secondary N) is 1. The number of hydrogen-bond donors (Lipinski definition) is 2. The van der Waals surface area contributed by atoms with Crippen LogP contribution in [-0.2, 0) is 9.59 Å². The Bertz CT molecular complexity index is 268. The molecule has 0 aliphatic carbocycles. The molecule has 3 N–H and O–H groups in total. The zero-order valence-electron chi connectivity index (χ0n) is 11.0. The number of hydrogen-bond acceptors (Lipinski definition) is 3. The first-order chi connectivity index (χ1) is 8.15. The topological polar surface area (TPSA) is 75.4 Å². The summed E-state index contributed by atoms with van der Waals surface area (Å²) in [6.45, 7) is 3.98. The van der Waals surface area contributed by atoms with E-state index in [0.29, 0.717) is 19.4 Å². The third kappa shape index (κ3) is 5.69. The number of rotatable bonds is 5. The van der Waals surface area contributed by atoms with Gasteiger partial charge in [-0.1, -0.05) is 6.92 Å². The number of likely N-dealkylation sites (tertiary alicyclic amines) is 1. The van der Waals surface area contributed by atoms with E-state index in [0.717, 1.165) is 25.9 Å². The van der Waals surface area contributed by atoms with Crippen molar-refractivity contribution in [3.05, 3.63) is 0 Å². The molecule has 0 aromatic heterocycles. The Kier molecular flexibility index (Phi) is 8.75. The molecule has 0 aromatic rings. The Hall–Kier alpha value is -0.810. The monoisotopic (exact) mass is 277 g/mol.